The number of H-pyrrole nitrogens is 1. The van der Waals surface area contributed by atoms with Crippen molar-refractivity contribution in [1.82, 2.24) is 10.3 Å². The molecule has 0 saturated carbocycles. The summed E-state index contributed by atoms with van der Waals surface area (Å²) in [6.45, 7) is 4.64. The molecule has 148 valence electrons. The van der Waals surface area contributed by atoms with Gasteiger partial charge in [-0.3, -0.25) is 4.79 Å². The Kier molecular flexibility index (Phi) is 5.52. The Morgan fingerprint density at radius 1 is 1.10 bits per heavy atom. The molecular weight excluding hydrogens is 360 g/mol. The molecule has 1 amide bonds. The van der Waals surface area contributed by atoms with Gasteiger partial charge in [0.25, 0.3) is 0 Å². The molecule has 1 atom stereocenters. The summed E-state index contributed by atoms with van der Waals surface area (Å²) in [5, 5.41) is 4.18. The van der Waals surface area contributed by atoms with Gasteiger partial charge in [-0.2, -0.15) is 0 Å². The Labute approximate surface area is 170 Å². The van der Waals surface area contributed by atoms with Crippen LogP contribution in [0.25, 0.3) is 10.9 Å². The Balaban J connectivity index is 1.65. The molecule has 0 aliphatic heterocycles. The van der Waals surface area contributed by atoms with Crippen LogP contribution in [0.15, 0.2) is 71.5 Å². The lowest BCUT2D eigenvalue weighted by molar-refractivity contribution is -0.121. The molecule has 2 heterocycles. The first-order valence-electron chi connectivity index (χ1n) is 10.1. The third kappa shape index (κ3) is 4.11. The number of carbonyl (C=O) groups is 1. The van der Waals surface area contributed by atoms with Crippen molar-refractivity contribution in [1.29, 1.82) is 0 Å². The van der Waals surface area contributed by atoms with Crippen molar-refractivity contribution in [3.8, 4) is 0 Å². The van der Waals surface area contributed by atoms with Gasteiger partial charge in [0, 0.05) is 29.4 Å². The van der Waals surface area contributed by atoms with E-state index in [2.05, 4.69) is 72.8 Å². The number of fused-ring (bicyclic) bond motifs is 1. The van der Waals surface area contributed by atoms with E-state index < -0.39 is 0 Å². The second-order valence-corrected chi connectivity index (χ2v) is 7.46. The summed E-state index contributed by atoms with van der Waals surface area (Å²) in [5.41, 5.74) is 5.97. The number of hydrogen-bond acceptors (Lipinski definition) is 2. The number of carbonyl (C=O) groups excluding carboxylic acids is 1. The van der Waals surface area contributed by atoms with Crippen LogP contribution in [0.1, 0.15) is 47.3 Å². The van der Waals surface area contributed by atoms with E-state index in [1.54, 1.807) is 6.26 Å². The maximum absolute atomic E-state index is 12.8. The number of rotatable bonds is 7. The van der Waals surface area contributed by atoms with Crippen molar-refractivity contribution in [2.75, 3.05) is 0 Å². The molecule has 4 nitrogen and oxygen atoms in total. The second-order valence-electron chi connectivity index (χ2n) is 7.46. The normalized spacial score (nSPS) is 12.2. The number of amides is 1. The van der Waals surface area contributed by atoms with Crippen LogP contribution >= 0.6 is 0 Å². The van der Waals surface area contributed by atoms with Gasteiger partial charge in [0.05, 0.1) is 12.8 Å². The smallest absolute Gasteiger partial charge is 0.221 e. The third-order valence-corrected chi connectivity index (χ3v) is 5.50. The van der Waals surface area contributed by atoms with Crippen molar-refractivity contribution in [3.63, 3.8) is 0 Å². The first kappa shape index (κ1) is 19.1. The van der Waals surface area contributed by atoms with Gasteiger partial charge in [0.1, 0.15) is 5.76 Å². The zero-order chi connectivity index (χ0) is 20.2. The minimum Gasteiger partial charge on any atom is -0.467 e. The summed E-state index contributed by atoms with van der Waals surface area (Å²) in [7, 11) is 0. The predicted octanol–water partition coefficient (Wildman–Crippen LogP) is 5.47. The Morgan fingerprint density at radius 3 is 2.66 bits per heavy atom. The molecule has 4 rings (SSSR count). The van der Waals surface area contributed by atoms with Crippen molar-refractivity contribution >= 4 is 16.8 Å². The molecule has 4 heteroatoms. The maximum atomic E-state index is 12.8. The Hall–Kier alpha value is -3.27. The van der Waals surface area contributed by atoms with Gasteiger partial charge in [-0.05, 0) is 42.2 Å². The number of aromatic nitrogens is 1. The van der Waals surface area contributed by atoms with E-state index in [0.29, 0.717) is 13.0 Å². The minimum atomic E-state index is -0.0203. The summed E-state index contributed by atoms with van der Waals surface area (Å²) < 4.78 is 5.32. The van der Waals surface area contributed by atoms with E-state index in [4.69, 9.17) is 4.42 Å². The Bertz CT molecular complexity index is 1090. The van der Waals surface area contributed by atoms with Gasteiger partial charge in [-0.25, -0.2) is 0 Å². The molecule has 2 aromatic carbocycles. The van der Waals surface area contributed by atoms with E-state index >= 15 is 0 Å². The fourth-order valence-corrected chi connectivity index (χ4v) is 3.88. The quantitative estimate of drug-likeness (QED) is 0.442. The first-order valence-corrected chi connectivity index (χ1v) is 10.1. The van der Waals surface area contributed by atoms with Crippen molar-refractivity contribution < 1.29 is 9.21 Å². The maximum Gasteiger partial charge on any atom is 0.221 e. The number of furan rings is 1. The zero-order valence-corrected chi connectivity index (χ0v) is 16.9. The van der Waals surface area contributed by atoms with Crippen LogP contribution in [0.5, 0.6) is 0 Å². The van der Waals surface area contributed by atoms with E-state index in [-0.39, 0.29) is 11.8 Å². The number of nitrogens with one attached hydrogen (secondary N) is 2. The Morgan fingerprint density at radius 2 is 1.93 bits per heavy atom. The average Bonchev–Trinajstić information content (AvgIpc) is 3.41. The second kappa shape index (κ2) is 8.39. The molecule has 2 aromatic heterocycles. The molecular formula is C25H26N2O2. The molecule has 29 heavy (non-hydrogen) atoms. The summed E-state index contributed by atoms with van der Waals surface area (Å²) >= 11 is 0. The number of aromatic amines is 1. The van der Waals surface area contributed by atoms with Crippen LogP contribution in [-0.2, 0) is 17.8 Å². The highest BCUT2D eigenvalue weighted by Crippen LogP contribution is 2.34. The van der Waals surface area contributed by atoms with E-state index in [0.717, 1.165) is 28.8 Å². The highest BCUT2D eigenvalue weighted by Gasteiger charge is 2.22. The van der Waals surface area contributed by atoms with Gasteiger partial charge < -0.3 is 14.7 Å². The molecule has 0 aliphatic carbocycles. The van der Waals surface area contributed by atoms with Gasteiger partial charge in [0.15, 0.2) is 0 Å². The summed E-state index contributed by atoms with van der Waals surface area (Å²) in [6.07, 6.45) is 5.03. The molecule has 0 bridgehead atoms. The molecule has 2 N–H and O–H groups in total. The SMILES string of the molecule is CCc1cccc2c([C@H](CC(=O)NCc3ccco3)c3ccc(C)cc3)c[nH]c12. The number of hydrogen-bond donors (Lipinski definition) is 2. The average molecular weight is 386 g/mol. The number of benzene rings is 2. The fraction of sp³-hybridized carbons (Fsp3) is 0.240. The van der Waals surface area contributed by atoms with E-state index in [1.165, 1.54) is 16.5 Å². The van der Waals surface area contributed by atoms with Crippen molar-refractivity contribution in [3.05, 3.63) is 95.1 Å². The van der Waals surface area contributed by atoms with Crippen LogP contribution in [0.4, 0.5) is 0 Å². The minimum absolute atomic E-state index is 0.00738. The molecule has 0 radical (unpaired) electrons. The first-order chi connectivity index (χ1) is 14.2. The summed E-state index contributed by atoms with van der Waals surface area (Å²) in [4.78, 5) is 16.2. The van der Waals surface area contributed by atoms with Crippen LogP contribution in [0, 0.1) is 6.92 Å². The molecule has 0 spiro atoms. The predicted molar refractivity (Wildman–Crippen MR) is 116 cm³/mol. The van der Waals surface area contributed by atoms with Crippen LogP contribution < -0.4 is 5.32 Å². The van der Waals surface area contributed by atoms with Crippen molar-refractivity contribution in [2.45, 2.75) is 39.2 Å². The molecule has 4 aromatic rings. The highest BCUT2D eigenvalue weighted by molar-refractivity contribution is 5.88. The topological polar surface area (TPSA) is 58.0 Å². The van der Waals surface area contributed by atoms with Crippen LogP contribution in [0.2, 0.25) is 0 Å². The van der Waals surface area contributed by atoms with Gasteiger partial charge in [-0.1, -0.05) is 55.0 Å². The van der Waals surface area contributed by atoms with E-state index in [9.17, 15) is 4.79 Å². The molecule has 0 fully saturated rings. The fourth-order valence-electron chi connectivity index (χ4n) is 3.88. The summed E-state index contributed by atoms with van der Waals surface area (Å²) in [6, 6.07) is 18.6. The van der Waals surface area contributed by atoms with Crippen molar-refractivity contribution in [2.24, 2.45) is 0 Å². The zero-order valence-electron chi connectivity index (χ0n) is 16.9. The third-order valence-electron chi connectivity index (χ3n) is 5.50. The van der Waals surface area contributed by atoms with E-state index in [1.807, 2.05) is 12.1 Å². The lowest BCUT2D eigenvalue weighted by atomic mass is 9.87. The van der Waals surface area contributed by atoms with Gasteiger partial charge >= 0.3 is 0 Å². The molecule has 0 unspecified atom stereocenters. The highest BCUT2D eigenvalue weighted by atomic mass is 16.3. The lowest BCUT2D eigenvalue weighted by Crippen LogP contribution is -2.24. The molecule has 0 aliphatic rings. The van der Waals surface area contributed by atoms with Gasteiger partial charge in [0.2, 0.25) is 5.91 Å². The summed E-state index contributed by atoms with van der Waals surface area (Å²) in [5.74, 6) is 0.742. The number of para-hydroxylation sites is 1. The monoisotopic (exact) mass is 386 g/mol. The number of aryl methyl sites for hydroxylation is 2. The van der Waals surface area contributed by atoms with Crippen LogP contribution in [-0.4, -0.2) is 10.9 Å². The van der Waals surface area contributed by atoms with Crippen LogP contribution in [0.3, 0.4) is 0 Å². The van der Waals surface area contributed by atoms with Gasteiger partial charge in [-0.15, -0.1) is 0 Å². The lowest BCUT2D eigenvalue weighted by Gasteiger charge is -2.17. The molecule has 0 saturated heterocycles. The largest absolute Gasteiger partial charge is 0.467 e. The standard InChI is InChI=1S/C25H26N2O2/c1-3-18-6-4-8-21-23(16-27-25(18)21)22(19-11-9-17(2)10-12-19)14-24(28)26-15-20-7-5-13-29-20/h4-13,16,22,27H,3,14-15H2,1-2H3,(H,26,28)/t22-/m1/s1.